The fraction of sp³-hybridized carbons (Fsp3) is 0.250. The lowest BCUT2D eigenvalue weighted by Gasteiger charge is -2.43. The summed E-state index contributed by atoms with van der Waals surface area (Å²) >= 11 is 13.8. The highest BCUT2D eigenvalue weighted by atomic mass is 35.5. The number of fused-ring (bicyclic) bond motifs is 2. The van der Waals surface area contributed by atoms with E-state index >= 15 is 0 Å². The summed E-state index contributed by atoms with van der Waals surface area (Å²) in [7, 11) is 0. The second kappa shape index (κ2) is 11.7. The molecule has 5 aromatic rings. The van der Waals surface area contributed by atoms with Gasteiger partial charge in [-0.15, -0.1) is 0 Å². The quantitative estimate of drug-likeness (QED) is 0.185. The molecule has 45 heavy (non-hydrogen) atoms. The van der Waals surface area contributed by atoms with Crippen molar-refractivity contribution in [3.05, 3.63) is 88.1 Å². The summed E-state index contributed by atoms with van der Waals surface area (Å²) in [6.07, 6.45) is 3.48. The number of amides is 1. The maximum atomic E-state index is 13.4. The minimum absolute atomic E-state index is 0.0402. The standard InChI is InChI=1S/C32H28Cl2N8O3/c1-17-36-23-10-4-12-35-29(23)30(37-17)38-21-8-2-6-19(27(21)33)20-7-3-9-22(28(20)34)39-31(43)24-14-26-25(11-5-13-42(26)40-24)41-15-18(16-41)32(44)45/h2-4,6-10,12,14,18,25H,5,11,13,15-16H2,1H3,(H,39,43)(H,44,45)(H,36,37,38)/t25-/m0/s1. The van der Waals surface area contributed by atoms with Gasteiger partial charge in [0.25, 0.3) is 5.91 Å². The number of carbonyl (C=O) groups excluding carboxylic acids is 1. The van der Waals surface area contributed by atoms with Gasteiger partial charge in [0.1, 0.15) is 11.3 Å². The largest absolute Gasteiger partial charge is 0.481 e. The zero-order chi connectivity index (χ0) is 31.2. The normalized spacial score (nSPS) is 16.6. The lowest BCUT2D eigenvalue weighted by Crippen LogP contribution is -2.52. The van der Waals surface area contributed by atoms with Crippen LogP contribution in [-0.4, -0.2) is 59.7 Å². The third-order valence-electron chi connectivity index (χ3n) is 8.29. The van der Waals surface area contributed by atoms with Crippen molar-refractivity contribution in [2.75, 3.05) is 23.7 Å². The number of aryl methyl sites for hydroxylation is 2. The average molecular weight is 644 g/mol. The van der Waals surface area contributed by atoms with Gasteiger partial charge < -0.3 is 15.7 Å². The molecule has 2 aromatic carbocycles. The molecule has 0 radical (unpaired) electrons. The van der Waals surface area contributed by atoms with Crippen molar-refractivity contribution in [3.8, 4) is 11.1 Å². The van der Waals surface area contributed by atoms with Crippen LogP contribution in [0.5, 0.6) is 0 Å². The first-order valence-corrected chi connectivity index (χ1v) is 15.3. The number of anilines is 3. The summed E-state index contributed by atoms with van der Waals surface area (Å²) < 4.78 is 1.85. The first-order valence-electron chi connectivity index (χ1n) is 14.6. The first-order chi connectivity index (χ1) is 21.8. The average Bonchev–Trinajstić information content (AvgIpc) is 3.44. The molecule has 2 aliphatic heterocycles. The Morgan fingerprint density at radius 1 is 0.978 bits per heavy atom. The number of halogens is 2. The topological polar surface area (TPSA) is 138 Å². The van der Waals surface area contributed by atoms with Gasteiger partial charge in [-0.05, 0) is 50.1 Å². The number of pyridine rings is 1. The summed E-state index contributed by atoms with van der Waals surface area (Å²) in [6, 6.07) is 16.5. The van der Waals surface area contributed by atoms with E-state index in [1.54, 1.807) is 24.4 Å². The fourth-order valence-corrected chi connectivity index (χ4v) is 6.57. The number of likely N-dealkylation sites (tertiary alicyclic amines) is 1. The van der Waals surface area contributed by atoms with Crippen LogP contribution in [0, 0.1) is 12.8 Å². The van der Waals surface area contributed by atoms with E-state index in [2.05, 4.69) is 35.6 Å². The summed E-state index contributed by atoms with van der Waals surface area (Å²) in [6.45, 7) is 3.52. The number of nitrogens with zero attached hydrogens (tertiary/aromatic N) is 6. The number of aliphatic carboxylic acids is 1. The van der Waals surface area contributed by atoms with Crippen LogP contribution < -0.4 is 10.6 Å². The first kappa shape index (κ1) is 29.1. The Balaban J connectivity index is 1.13. The molecule has 1 fully saturated rings. The van der Waals surface area contributed by atoms with Gasteiger partial charge in [0.2, 0.25) is 0 Å². The van der Waals surface area contributed by atoms with E-state index in [1.165, 1.54) is 0 Å². The van der Waals surface area contributed by atoms with Crippen LogP contribution in [0.25, 0.3) is 22.2 Å². The molecule has 1 atom stereocenters. The zero-order valence-electron chi connectivity index (χ0n) is 24.2. The number of carbonyl (C=O) groups is 2. The third kappa shape index (κ3) is 5.47. The second-order valence-electron chi connectivity index (χ2n) is 11.2. The van der Waals surface area contributed by atoms with Crippen molar-refractivity contribution in [3.63, 3.8) is 0 Å². The molecular formula is C32H28Cl2N8O3. The number of carboxylic acids is 1. The van der Waals surface area contributed by atoms with Gasteiger partial charge in [0.15, 0.2) is 11.5 Å². The molecule has 13 heteroatoms. The van der Waals surface area contributed by atoms with Crippen molar-refractivity contribution < 1.29 is 14.7 Å². The maximum absolute atomic E-state index is 13.4. The van der Waals surface area contributed by atoms with Gasteiger partial charge in [-0.1, -0.05) is 47.5 Å². The lowest BCUT2D eigenvalue weighted by atomic mass is 9.93. The van der Waals surface area contributed by atoms with Crippen molar-refractivity contribution >= 4 is 63.3 Å². The number of nitrogens with one attached hydrogen (secondary N) is 2. The van der Waals surface area contributed by atoms with Crippen LogP contribution >= 0.6 is 23.2 Å². The molecular weight excluding hydrogens is 615 g/mol. The van der Waals surface area contributed by atoms with E-state index in [-0.39, 0.29) is 23.6 Å². The Morgan fingerprint density at radius 2 is 1.71 bits per heavy atom. The summed E-state index contributed by atoms with van der Waals surface area (Å²) in [5.74, 6) is -0.380. The Morgan fingerprint density at radius 3 is 2.47 bits per heavy atom. The molecule has 2 aliphatic rings. The van der Waals surface area contributed by atoms with Gasteiger partial charge in [-0.2, -0.15) is 5.10 Å². The monoisotopic (exact) mass is 642 g/mol. The molecule has 228 valence electrons. The summed E-state index contributed by atoms with van der Waals surface area (Å²) in [5, 5.41) is 20.8. The number of hydrogen-bond donors (Lipinski definition) is 3. The molecule has 3 aromatic heterocycles. The summed E-state index contributed by atoms with van der Waals surface area (Å²) in [5.41, 5.74) is 4.87. The number of benzene rings is 2. The van der Waals surface area contributed by atoms with Crippen molar-refractivity contribution in [1.29, 1.82) is 0 Å². The van der Waals surface area contributed by atoms with Crippen molar-refractivity contribution in [2.45, 2.75) is 32.4 Å². The van der Waals surface area contributed by atoms with Crippen molar-refractivity contribution in [1.82, 2.24) is 29.6 Å². The smallest absolute Gasteiger partial charge is 0.309 e. The predicted molar refractivity (Wildman–Crippen MR) is 172 cm³/mol. The maximum Gasteiger partial charge on any atom is 0.309 e. The molecule has 5 heterocycles. The Bertz CT molecular complexity index is 1970. The number of rotatable bonds is 7. The fourth-order valence-electron chi connectivity index (χ4n) is 6.02. The van der Waals surface area contributed by atoms with Crippen LogP contribution in [0.3, 0.4) is 0 Å². The van der Waals surface area contributed by atoms with Gasteiger partial charge in [0.05, 0.1) is 44.6 Å². The van der Waals surface area contributed by atoms with Gasteiger partial charge in [-0.3, -0.25) is 24.2 Å². The molecule has 0 aliphatic carbocycles. The predicted octanol–water partition coefficient (Wildman–Crippen LogP) is 6.35. The Kier molecular flexibility index (Phi) is 7.60. The SMILES string of the molecule is Cc1nc(Nc2cccc(-c3cccc(NC(=O)c4cc5n(n4)CCC[C@@H]5N4CC(C(=O)O)C4)c3Cl)c2Cl)c2ncccc2n1. The van der Waals surface area contributed by atoms with Crippen LogP contribution in [0.15, 0.2) is 60.8 Å². The third-order valence-corrected chi connectivity index (χ3v) is 9.10. The van der Waals surface area contributed by atoms with Crippen LogP contribution in [0.1, 0.15) is 40.9 Å². The van der Waals surface area contributed by atoms with E-state index in [0.29, 0.717) is 74.9 Å². The van der Waals surface area contributed by atoms with Gasteiger partial charge in [-0.25, -0.2) is 9.97 Å². The second-order valence-corrected chi connectivity index (χ2v) is 12.0. The highest BCUT2D eigenvalue weighted by molar-refractivity contribution is 6.39. The molecule has 0 spiro atoms. The highest BCUT2D eigenvalue weighted by Crippen LogP contribution is 2.41. The zero-order valence-corrected chi connectivity index (χ0v) is 25.7. The number of aromatic nitrogens is 5. The van der Waals surface area contributed by atoms with Crippen molar-refractivity contribution in [2.24, 2.45) is 5.92 Å². The molecule has 0 unspecified atom stereocenters. The molecule has 3 N–H and O–H groups in total. The van der Waals surface area contributed by atoms with E-state index in [9.17, 15) is 14.7 Å². The molecule has 11 nitrogen and oxygen atoms in total. The number of hydrogen-bond acceptors (Lipinski definition) is 8. The minimum Gasteiger partial charge on any atom is -0.481 e. The molecule has 0 bridgehead atoms. The lowest BCUT2D eigenvalue weighted by molar-refractivity contribution is -0.149. The van der Waals surface area contributed by atoms with Crippen LogP contribution in [0.4, 0.5) is 17.2 Å². The summed E-state index contributed by atoms with van der Waals surface area (Å²) in [4.78, 5) is 40.3. The molecule has 0 saturated carbocycles. The van der Waals surface area contributed by atoms with E-state index < -0.39 is 5.97 Å². The van der Waals surface area contributed by atoms with E-state index in [0.717, 1.165) is 18.5 Å². The highest BCUT2D eigenvalue weighted by Gasteiger charge is 2.39. The van der Waals surface area contributed by atoms with Gasteiger partial charge in [0, 0.05) is 37.0 Å². The van der Waals surface area contributed by atoms with Gasteiger partial charge >= 0.3 is 5.97 Å². The van der Waals surface area contributed by atoms with E-state index in [1.807, 2.05) is 48.0 Å². The van der Waals surface area contributed by atoms with E-state index in [4.69, 9.17) is 23.2 Å². The minimum atomic E-state index is -0.772. The Hall–Kier alpha value is -4.58. The molecule has 7 rings (SSSR count). The van der Waals surface area contributed by atoms with Crippen LogP contribution in [0.2, 0.25) is 10.0 Å². The number of carboxylic acid groups (broad SMARTS) is 1. The molecule has 1 saturated heterocycles. The Labute approximate surface area is 268 Å². The van der Waals surface area contributed by atoms with Crippen LogP contribution in [-0.2, 0) is 11.3 Å². The molecule has 1 amide bonds.